The monoisotopic (exact) mass is 114 g/mol. The van der Waals surface area contributed by atoms with E-state index in [4.69, 9.17) is 0 Å². The first-order chi connectivity index (χ1) is 3.00. The largest absolute Gasteiger partial charge is 0.269 e. The highest BCUT2D eigenvalue weighted by molar-refractivity contribution is 6.26. The van der Waals surface area contributed by atoms with Crippen molar-refractivity contribution >= 4 is 9.12 Å². The molecule has 7 heavy (non-hydrogen) atoms. The lowest BCUT2D eigenvalue weighted by atomic mass is 10.6. The summed E-state index contributed by atoms with van der Waals surface area (Å²) in [6.45, 7) is 0. The van der Waals surface area contributed by atoms with Gasteiger partial charge in [0.2, 0.25) is 0 Å². The van der Waals surface area contributed by atoms with E-state index in [0.717, 1.165) is 0 Å². The highest BCUT2D eigenvalue weighted by atomic mass is 28.2. The van der Waals surface area contributed by atoms with Crippen LogP contribution in [0.4, 0.5) is 4.70 Å². The molecule has 0 amide bonds. The van der Waals surface area contributed by atoms with Crippen LogP contribution in [0, 0.1) is 0 Å². The lowest BCUT2D eigenvalue weighted by molar-refractivity contribution is 1.11. The SMILES string of the molecule is F.c1cc[siH]cc1. The fraction of sp³-hybridized carbons (Fsp3) is 0. The van der Waals surface area contributed by atoms with Gasteiger partial charge in [-0.05, 0) is 0 Å². The highest BCUT2D eigenvalue weighted by Gasteiger charge is 1.58. The van der Waals surface area contributed by atoms with Gasteiger partial charge in [0.05, 0.1) is 0 Å². The van der Waals surface area contributed by atoms with E-state index in [0.29, 0.717) is 9.12 Å². The molecule has 1 heterocycles. The van der Waals surface area contributed by atoms with Gasteiger partial charge in [-0.2, -0.15) is 0 Å². The molecule has 1 rings (SSSR count). The summed E-state index contributed by atoms with van der Waals surface area (Å²) in [6, 6.07) is 6.24. The molecule has 0 aliphatic rings. The molecule has 0 fully saturated rings. The van der Waals surface area contributed by atoms with Crippen molar-refractivity contribution in [1.29, 1.82) is 0 Å². The summed E-state index contributed by atoms with van der Waals surface area (Å²) < 4.78 is 0. The van der Waals surface area contributed by atoms with Gasteiger partial charge in [-0.3, -0.25) is 4.70 Å². The Morgan fingerprint density at radius 3 is 1.57 bits per heavy atom. The zero-order valence-corrected chi connectivity index (χ0v) is 5.03. The second-order valence-electron chi connectivity index (χ2n) is 1.15. The molecule has 0 N–H and O–H groups in total. The molecule has 38 valence electrons. The summed E-state index contributed by atoms with van der Waals surface area (Å²) in [4.78, 5) is 0. The van der Waals surface area contributed by atoms with E-state index in [1.165, 1.54) is 0 Å². The fourth-order valence-corrected chi connectivity index (χ4v) is 1.03. The van der Waals surface area contributed by atoms with Gasteiger partial charge in [-0.1, -0.05) is 29.6 Å². The molecule has 0 saturated heterocycles. The average molecular weight is 114 g/mol. The summed E-state index contributed by atoms with van der Waals surface area (Å²) in [7, 11) is 0.513. The minimum atomic E-state index is 0. The first-order valence-corrected chi connectivity index (χ1v) is 3.33. The Hall–Kier alpha value is -0.503. The first-order valence-electron chi connectivity index (χ1n) is 2.00. The summed E-state index contributed by atoms with van der Waals surface area (Å²) in [5, 5.41) is 0. The quantitative estimate of drug-likeness (QED) is 0.440. The van der Waals surface area contributed by atoms with E-state index < -0.39 is 0 Å². The topological polar surface area (TPSA) is 0 Å². The number of halogens is 1. The van der Waals surface area contributed by atoms with Crippen LogP contribution < -0.4 is 0 Å². The van der Waals surface area contributed by atoms with Crippen LogP contribution in [0.25, 0.3) is 0 Å². The fourth-order valence-electron chi connectivity index (χ4n) is 0.385. The molecule has 0 spiro atoms. The molecule has 0 aliphatic heterocycles. The predicted octanol–water partition coefficient (Wildman–Crippen LogP) is 0.909. The van der Waals surface area contributed by atoms with E-state index in [1.807, 2.05) is 0 Å². The van der Waals surface area contributed by atoms with Gasteiger partial charge in [0.25, 0.3) is 0 Å². The van der Waals surface area contributed by atoms with Crippen LogP contribution in [0.15, 0.2) is 29.6 Å². The average Bonchev–Trinajstić information content (AvgIpc) is 1.72. The minimum absolute atomic E-state index is 0. The van der Waals surface area contributed by atoms with Crippen LogP contribution in [0.1, 0.15) is 0 Å². The number of rotatable bonds is 0. The smallest absolute Gasteiger partial charge is 0.0198 e. The van der Waals surface area contributed by atoms with E-state index in [-0.39, 0.29) is 4.70 Å². The van der Waals surface area contributed by atoms with Crippen molar-refractivity contribution in [1.82, 2.24) is 0 Å². The molecule has 0 aliphatic carbocycles. The molecule has 0 saturated carbocycles. The second-order valence-corrected chi connectivity index (χ2v) is 2.31. The summed E-state index contributed by atoms with van der Waals surface area (Å²) in [5.74, 6) is 0. The van der Waals surface area contributed by atoms with E-state index in [1.54, 1.807) is 0 Å². The Morgan fingerprint density at radius 2 is 1.43 bits per heavy atom. The normalized spacial score (nSPS) is 6.86. The lowest BCUT2D eigenvalue weighted by Crippen LogP contribution is -1.60. The Kier molecular flexibility index (Phi) is 3.41. The van der Waals surface area contributed by atoms with Crippen LogP contribution >= 0.6 is 0 Å². The van der Waals surface area contributed by atoms with Gasteiger partial charge >= 0.3 is 0 Å². The van der Waals surface area contributed by atoms with Crippen molar-refractivity contribution in [2.75, 3.05) is 0 Å². The maximum Gasteiger partial charge on any atom is 0.0198 e. The molecule has 0 atom stereocenters. The molecule has 0 aromatic carbocycles. The van der Waals surface area contributed by atoms with Crippen LogP contribution in [0.2, 0.25) is 0 Å². The Balaban J connectivity index is 0.000000360. The Morgan fingerprint density at radius 1 is 0.857 bits per heavy atom. The molecular weight excluding hydrogens is 107 g/mol. The molecule has 0 unspecified atom stereocenters. The minimum Gasteiger partial charge on any atom is -0.269 e. The van der Waals surface area contributed by atoms with Crippen LogP contribution in [-0.4, -0.2) is 9.12 Å². The van der Waals surface area contributed by atoms with Crippen molar-refractivity contribution in [3.63, 3.8) is 0 Å². The van der Waals surface area contributed by atoms with Crippen molar-refractivity contribution < 1.29 is 4.70 Å². The first kappa shape index (κ1) is 6.50. The van der Waals surface area contributed by atoms with Crippen molar-refractivity contribution in [2.45, 2.75) is 0 Å². The van der Waals surface area contributed by atoms with Gasteiger partial charge in [-0.25, -0.2) is 0 Å². The third-order valence-electron chi connectivity index (χ3n) is 0.667. The highest BCUT2D eigenvalue weighted by Crippen LogP contribution is 1.73. The molecule has 0 nitrogen and oxygen atoms in total. The Bertz CT molecular complexity index is 80.0. The maximum absolute atomic E-state index is 2.21. The lowest BCUT2D eigenvalue weighted by Gasteiger charge is -1.69. The molecule has 1 aromatic rings. The predicted molar refractivity (Wildman–Crippen MR) is 31.7 cm³/mol. The van der Waals surface area contributed by atoms with Crippen molar-refractivity contribution in [3.8, 4) is 0 Å². The third kappa shape index (κ3) is 2.22. The van der Waals surface area contributed by atoms with Gasteiger partial charge in [-0.15, -0.1) is 0 Å². The van der Waals surface area contributed by atoms with Crippen molar-refractivity contribution in [3.05, 3.63) is 29.6 Å². The summed E-state index contributed by atoms with van der Waals surface area (Å²) >= 11 is 0. The summed E-state index contributed by atoms with van der Waals surface area (Å²) in [6.07, 6.45) is 0. The van der Waals surface area contributed by atoms with Crippen LogP contribution in [0.5, 0.6) is 0 Å². The maximum atomic E-state index is 2.21. The van der Waals surface area contributed by atoms with Gasteiger partial charge in [0, 0.05) is 9.12 Å². The number of hydrogen-bond acceptors (Lipinski definition) is 0. The molecular formula is C5H7FSi. The zero-order valence-electron chi connectivity index (χ0n) is 3.87. The van der Waals surface area contributed by atoms with Crippen LogP contribution in [-0.2, 0) is 0 Å². The van der Waals surface area contributed by atoms with Crippen molar-refractivity contribution in [2.24, 2.45) is 0 Å². The van der Waals surface area contributed by atoms with E-state index in [2.05, 4.69) is 29.6 Å². The second kappa shape index (κ2) is 3.68. The van der Waals surface area contributed by atoms with Gasteiger partial charge < -0.3 is 0 Å². The van der Waals surface area contributed by atoms with E-state index in [9.17, 15) is 0 Å². The standard InChI is InChI=1S/C5H6Si.FH/c1-2-4-6-5-3-1;/h1-6H;1H. The molecule has 1 aromatic heterocycles. The number of hydrogen-bond donors (Lipinski definition) is 0. The van der Waals surface area contributed by atoms with Crippen LogP contribution in [0.3, 0.4) is 0 Å². The Labute approximate surface area is 44.3 Å². The van der Waals surface area contributed by atoms with E-state index >= 15 is 0 Å². The molecule has 0 radical (unpaired) electrons. The zero-order chi connectivity index (χ0) is 4.24. The third-order valence-corrected chi connectivity index (χ3v) is 1.56. The summed E-state index contributed by atoms with van der Waals surface area (Å²) in [5.41, 5.74) is 4.42. The molecule has 0 bridgehead atoms. The molecule has 2 heteroatoms. The van der Waals surface area contributed by atoms with Gasteiger partial charge in [0.1, 0.15) is 0 Å². The van der Waals surface area contributed by atoms with Gasteiger partial charge in [0.15, 0.2) is 0 Å².